The summed E-state index contributed by atoms with van der Waals surface area (Å²) in [6, 6.07) is 22.0. The minimum atomic E-state index is -0.297. The molecule has 9 heteroatoms. The summed E-state index contributed by atoms with van der Waals surface area (Å²) in [5.41, 5.74) is 10.2. The lowest BCUT2D eigenvalue weighted by atomic mass is 9.99. The van der Waals surface area contributed by atoms with Gasteiger partial charge in [0.25, 0.3) is 5.56 Å². The predicted molar refractivity (Wildman–Crippen MR) is 152 cm³/mol. The van der Waals surface area contributed by atoms with Crippen LogP contribution in [0.2, 0.25) is 0 Å². The maximum atomic E-state index is 14.1. The summed E-state index contributed by atoms with van der Waals surface area (Å²) in [6.45, 7) is 2.46. The number of hydrogen-bond acceptors (Lipinski definition) is 7. The molecule has 3 N–H and O–H groups in total. The Labute approximate surface area is 224 Å². The molecule has 2 heterocycles. The number of nitrogens with zero attached hydrogens (tertiary/aromatic N) is 2. The number of ether oxygens (including phenoxy) is 3. The fourth-order valence-electron chi connectivity index (χ4n) is 4.34. The van der Waals surface area contributed by atoms with Crippen molar-refractivity contribution < 1.29 is 14.2 Å². The van der Waals surface area contributed by atoms with Crippen LogP contribution in [-0.4, -0.2) is 35.4 Å². The van der Waals surface area contributed by atoms with Crippen molar-refractivity contribution in [2.45, 2.75) is 6.92 Å². The lowest BCUT2D eigenvalue weighted by molar-refractivity contribution is 0.340. The molecule has 0 unspecified atom stereocenters. The summed E-state index contributed by atoms with van der Waals surface area (Å²) in [6.07, 6.45) is 0. The monoisotopic (exact) mass is 526 g/mol. The van der Waals surface area contributed by atoms with Gasteiger partial charge < -0.3 is 24.9 Å². The van der Waals surface area contributed by atoms with Gasteiger partial charge in [-0.05, 0) is 79.3 Å². The Bertz CT molecular complexity index is 1740. The molecule has 0 saturated heterocycles. The molecule has 2 aromatic heterocycles. The third-order valence-electron chi connectivity index (χ3n) is 6.17. The molecule has 0 amide bonds. The SMILES string of the molecule is CCOc1ccc(-n2c(=S)[nH]c3nc(-c4ccc(N)cc4)cc(-c4ccc(OC)c(OC)c4)c3c2=O)cc1. The van der Waals surface area contributed by atoms with Gasteiger partial charge in [-0.25, -0.2) is 4.98 Å². The molecule has 0 bridgehead atoms. The van der Waals surface area contributed by atoms with Crippen molar-refractivity contribution in [1.29, 1.82) is 0 Å². The van der Waals surface area contributed by atoms with E-state index in [-0.39, 0.29) is 10.3 Å². The average Bonchev–Trinajstić information content (AvgIpc) is 2.93. The average molecular weight is 527 g/mol. The van der Waals surface area contributed by atoms with Crippen molar-refractivity contribution in [2.75, 3.05) is 26.6 Å². The summed E-state index contributed by atoms with van der Waals surface area (Å²) >= 11 is 5.63. The second kappa shape index (κ2) is 10.4. The number of nitrogens with one attached hydrogen (secondary N) is 1. The molecular formula is C29H26N4O4S. The molecule has 0 saturated carbocycles. The summed E-state index contributed by atoms with van der Waals surface area (Å²) in [7, 11) is 3.15. The number of pyridine rings is 1. The maximum absolute atomic E-state index is 14.1. The van der Waals surface area contributed by atoms with Gasteiger partial charge in [-0.2, -0.15) is 0 Å². The van der Waals surface area contributed by atoms with Crippen molar-refractivity contribution in [3.8, 4) is 45.3 Å². The van der Waals surface area contributed by atoms with Crippen LogP contribution in [0.15, 0.2) is 77.6 Å². The van der Waals surface area contributed by atoms with E-state index in [1.807, 2.05) is 61.5 Å². The van der Waals surface area contributed by atoms with Gasteiger partial charge in [0.05, 0.1) is 37.6 Å². The van der Waals surface area contributed by atoms with Crippen LogP contribution in [0, 0.1) is 4.77 Å². The first-order valence-electron chi connectivity index (χ1n) is 11.9. The van der Waals surface area contributed by atoms with E-state index >= 15 is 0 Å². The highest BCUT2D eigenvalue weighted by Crippen LogP contribution is 2.36. The number of H-pyrrole nitrogens is 1. The normalized spacial score (nSPS) is 10.9. The molecule has 192 valence electrons. The summed E-state index contributed by atoms with van der Waals surface area (Å²) in [4.78, 5) is 22.0. The van der Waals surface area contributed by atoms with Crippen molar-refractivity contribution in [3.63, 3.8) is 0 Å². The zero-order valence-electron chi connectivity index (χ0n) is 21.1. The van der Waals surface area contributed by atoms with Gasteiger partial charge in [0, 0.05) is 16.8 Å². The van der Waals surface area contributed by atoms with Crippen molar-refractivity contribution in [3.05, 3.63) is 87.9 Å². The topological polar surface area (TPSA) is 104 Å². The Morgan fingerprint density at radius 2 is 1.61 bits per heavy atom. The lowest BCUT2D eigenvalue weighted by Crippen LogP contribution is -2.21. The maximum Gasteiger partial charge on any atom is 0.269 e. The Balaban J connectivity index is 1.81. The van der Waals surface area contributed by atoms with Gasteiger partial charge >= 0.3 is 0 Å². The van der Waals surface area contributed by atoms with E-state index in [0.717, 1.165) is 11.1 Å². The van der Waals surface area contributed by atoms with Crippen LogP contribution in [-0.2, 0) is 0 Å². The Kier molecular flexibility index (Phi) is 6.85. The molecular weight excluding hydrogens is 500 g/mol. The zero-order chi connectivity index (χ0) is 26.8. The van der Waals surface area contributed by atoms with E-state index < -0.39 is 0 Å². The molecule has 0 aliphatic carbocycles. The first-order chi connectivity index (χ1) is 18.4. The van der Waals surface area contributed by atoms with Crippen LogP contribution in [0.1, 0.15) is 6.92 Å². The number of fused-ring (bicyclic) bond motifs is 1. The van der Waals surface area contributed by atoms with Gasteiger partial charge in [-0.15, -0.1) is 0 Å². The largest absolute Gasteiger partial charge is 0.494 e. The molecule has 0 fully saturated rings. The number of nitrogens with two attached hydrogens (primary N) is 1. The van der Waals surface area contributed by atoms with Gasteiger partial charge in [0.1, 0.15) is 11.4 Å². The third-order valence-corrected chi connectivity index (χ3v) is 6.46. The number of benzene rings is 3. The smallest absolute Gasteiger partial charge is 0.269 e. The van der Waals surface area contributed by atoms with E-state index in [1.54, 1.807) is 32.4 Å². The van der Waals surface area contributed by atoms with Gasteiger partial charge in [-0.3, -0.25) is 9.36 Å². The number of methoxy groups -OCH3 is 2. The van der Waals surface area contributed by atoms with Crippen LogP contribution in [0.5, 0.6) is 17.2 Å². The minimum Gasteiger partial charge on any atom is -0.494 e. The van der Waals surface area contributed by atoms with Gasteiger partial charge in [0.2, 0.25) is 0 Å². The van der Waals surface area contributed by atoms with E-state index in [4.69, 9.17) is 37.1 Å². The minimum absolute atomic E-state index is 0.229. The van der Waals surface area contributed by atoms with E-state index in [9.17, 15) is 4.79 Å². The molecule has 5 rings (SSSR count). The molecule has 0 atom stereocenters. The van der Waals surface area contributed by atoms with Crippen LogP contribution >= 0.6 is 12.2 Å². The molecule has 0 aliphatic rings. The summed E-state index contributed by atoms with van der Waals surface area (Å²) < 4.78 is 18.2. The van der Waals surface area contributed by atoms with Crippen LogP contribution < -0.4 is 25.5 Å². The molecule has 38 heavy (non-hydrogen) atoms. The number of nitrogen functional groups attached to an aromatic ring is 1. The molecule has 5 aromatic rings. The van der Waals surface area contributed by atoms with Crippen molar-refractivity contribution >= 4 is 28.9 Å². The quantitative estimate of drug-likeness (QED) is 0.205. The van der Waals surface area contributed by atoms with Crippen molar-refractivity contribution in [1.82, 2.24) is 14.5 Å². The molecule has 8 nitrogen and oxygen atoms in total. The van der Waals surface area contributed by atoms with Crippen molar-refractivity contribution in [2.24, 2.45) is 0 Å². The number of rotatable bonds is 7. The Morgan fingerprint density at radius 1 is 0.921 bits per heavy atom. The first-order valence-corrected chi connectivity index (χ1v) is 12.4. The first kappa shape index (κ1) is 25.0. The number of aromatic nitrogens is 3. The molecule has 0 aliphatic heterocycles. The fraction of sp³-hybridized carbons (Fsp3) is 0.138. The predicted octanol–water partition coefficient (Wildman–Crippen LogP) is 5.78. The Morgan fingerprint density at radius 3 is 2.26 bits per heavy atom. The zero-order valence-corrected chi connectivity index (χ0v) is 22.0. The van der Waals surface area contributed by atoms with E-state index in [0.29, 0.717) is 57.5 Å². The Hall–Kier alpha value is -4.63. The molecule has 0 radical (unpaired) electrons. The van der Waals surface area contributed by atoms with Gasteiger partial charge in [-0.1, -0.05) is 18.2 Å². The van der Waals surface area contributed by atoms with Crippen LogP contribution in [0.25, 0.3) is 39.1 Å². The number of hydrogen-bond donors (Lipinski definition) is 2. The van der Waals surface area contributed by atoms with E-state index in [2.05, 4.69) is 4.98 Å². The third kappa shape index (κ3) is 4.59. The van der Waals surface area contributed by atoms with Crippen LogP contribution in [0.4, 0.5) is 5.69 Å². The van der Waals surface area contributed by atoms with E-state index in [1.165, 1.54) is 4.57 Å². The second-order valence-corrected chi connectivity index (χ2v) is 8.85. The highest BCUT2D eigenvalue weighted by molar-refractivity contribution is 7.71. The standard InChI is InChI=1S/C29H26N4O4S/c1-4-37-21-12-10-20(11-13-21)33-28(34)26-22(18-7-14-24(35-2)25(15-18)36-3)16-23(31-27(26)32-29(33)38)17-5-8-19(30)9-6-17/h5-16H,4,30H2,1-3H3,(H,31,32,38). The summed E-state index contributed by atoms with van der Waals surface area (Å²) in [5, 5.41) is 0.388. The second-order valence-electron chi connectivity index (χ2n) is 8.47. The van der Waals surface area contributed by atoms with Gasteiger partial charge in [0.15, 0.2) is 16.3 Å². The number of aromatic amines is 1. The molecule has 3 aromatic carbocycles. The highest BCUT2D eigenvalue weighted by atomic mass is 32.1. The highest BCUT2D eigenvalue weighted by Gasteiger charge is 2.18. The van der Waals surface area contributed by atoms with Crippen LogP contribution in [0.3, 0.4) is 0 Å². The summed E-state index contributed by atoms with van der Waals surface area (Å²) in [5.74, 6) is 1.83. The molecule has 0 spiro atoms. The fourth-order valence-corrected chi connectivity index (χ4v) is 4.62. The lowest BCUT2D eigenvalue weighted by Gasteiger charge is -2.15. The number of anilines is 1.